The van der Waals surface area contributed by atoms with E-state index in [4.69, 9.17) is 4.74 Å². The van der Waals surface area contributed by atoms with Crippen LogP contribution < -0.4 is 0 Å². The Morgan fingerprint density at radius 3 is 2.61 bits per heavy atom. The second kappa shape index (κ2) is 6.71. The second-order valence-electron chi connectivity index (χ2n) is 6.41. The van der Waals surface area contributed by atoms with Gasteiger partial charge in [0.05, 0.1) is 7.11 Å². The van der Waals surface area contributed by atoms with E-state index in [0.29, 0.717) is 6.42 Å². The van der Waals surface area contributed by atoms with Crippen LogP contribution in [0.1, 0.15) is 43.6 Å². The zero-order valence-corrected chi connectivity index (χ0v) is 13.4. The van der Waals surface area contributed by atoms with Crippen molar-refractivity contribution in [3.63, 3.8) is 0 Å². The first-order valence-corrected chi connectivity index (χ1v) is 8.26. The first kappa shape index (κ1) is 16.0. The van der Waals surface area contributed by atoms with E-state index in [0.717, 1.165) is 31.2 Å². The summed E-state index contributed by atoms with van der Waals surface area (Å²) in [4.78, 5) is 26.4. The highest BCUT2D eigenvalue weighted by Gasteiger charge is 2.45. The van der Waals surface area contributed by atoms with Crippen LogP contribution >= 0.6 is 0 Å². The minimum Gasteiger partial charge on any atom is -0.467 e. The Balaban J connectivity index is 1.87. The zero-order valence-electron chi connectivity index (χ0n) is 13.4. The van der Waals surface area contributed by atoms with Crippen LogP contribution in [0.2, 0.25) is 0 Å². The van der Waals surface area contributed by atoms with E-state index in [1.165, 1.54) is 7.11 Å². The summed E-state index contributed by atoms with van der Waals surface area (Å²) in [6.45, 7) is 0. The van der Waals surface area contributed by atoms with Gasteiger partial charge in [-0.3, -0.25) is 4.79 Å². The van der Waals surface area contributed by atoms with E-state index in [1.807, 2.05) is 30.3 Å². The first-order chi connectivity index (χ1) is 11.1. The summed E-state index contributed by atoms with van der Waals surface area (Å²) in [5.41, 5.74) is 0.973. The van der Waals surface area contributed by atoms with E-state index in [9.17, 15) is 14.7 Å². The van der Waals surface area contributed by atoms with Crippen LogP contribution in [-0.4, -0.2) is 47.2 Å². The molecule has 3 rings (SSSR count). The van der Waals surface area contributed by atoms with Gasteiger partial charge in [0, 0.05) is 12.0 Å². The van der Waals surface area contributed by atoms with Gasteiger partial charge in [-0.05, 0) is 31.2 Å². The van der Waals surface area contributed by atoms with E-state index in [2.05, 4.69) is 0 Å². The Bertz CT molecular complexity index is 574. The van der Waals surface area contributed by atoms with Gasteiger partial charge in [0.25, 0.3) is 5.91 Å². The molecule has 1 aromatic rings. The Hall–Kier alpha value is -1.88. The smallest absolute Gasteiger partial charge is 0.328 e. The number of carbonyl (C=O) groups is 2. The fraction of sp³-hybridized carbons (Fsp3) is 0.556. The largest absolute Gasteiger partial charge is 0.467 e. The molecular weight excluding hydrogens is 294 g/mol. The lowest BCUT2D eigenvalue weighted by atomic mass is 9.85. The Morgan fingerprint density at radius 1 is 1.17 bits per heavy atom. The number of esters is 1. The highest BCUT2D eigenvalue weighted by Crippen LogP contribution is 2.36. The van der Waals surface area contributed by atoms with Gasteiger partial charge in [0.2, 0.25) is 0 Å². The van der Waals surface area contributed by atoms with Crippen LogP contribution in [-0.2, 0) is 14.3 Å². The van der Waals surface area contributed by atoms with Crippen LogP contribution in [0.5, 0.6) is 0 Å². The fourth-order valence-electron chi connectivity index (χ4n) is 3.97. The van der Waals surface area contributed by atoms with Gasteiger partial charge >= 0.3 is 5.97 Å². The van der Waals surface area contributed by atoms with Gasteiger partial charge in [-0.2, -0.15) is 0 Å². The van der Waals surface area contributed by atoms with Crippen molar-refractivity contribution < 1.29 is 19.4 Å². The molecule has 4 atom stereocenters. The number of ether oxygens (including phenoxy) is 1. The van der Waals surface area contributed by atoms with Crippen LogP contribution in [0.25, 0.3) is 0 Å². The van der Waals surface area contributed by atoms with Crippen molar-refractivity contribution in [2.45, 2.75) is 56.2 Å². The molecule has 0 saturated carbocycles. The molecule has 5 heteroatoms. The van der Waals surface area contributed by atoms with E-state index in [1.54, 1.807) is 4.90 Å². The summed E-state index contributed by atoms with van der Waals surface area (Å²) in [5.74, 6) is -0.940. The number of aliphatic hydroxyl groups excluding tert-OH is 1. The van der Waals surface area contributed by atoms with Gasteiger partial charge < -0.3 is 14.7 Å². The van der Waals surface area contributed by atoms with Crippen molar-refractivity contribution in [3.05, 3.63) is 35.9 Å². The van der Waals surface area contributed by atoms with Gasteiger partial charge in [-0.1, -0.05) is 36.8 Å². The lowest BCUT2D eigenvalue weighted by Crippen LogP contribution is -2.51. The summed E-state index contributed by atoms with van der Waals surface area (Å²) < 4.78 is 4.84. The number of hydrogen-bond acceptors (Lipinski definition) is 4. The highest BCUT2D eigenvalue weighted by atomic mass is 16.5. The molecule has 1 amide bonds. The number of hydrogen-bond donors (Lipinski definition) is 1. The molecule has 0 spiro atoms. The predicted octanol–water partition coefficient (Wildman–Crippen LogP) is 1.85. The number of carbonyl (C=O) groups excluding carboxylic acids is 2. The summed E-state index contributed by atoms with van der Waals surface area (Å²) in [5, 5.41) is 10.7. The molecule has 2 saturated heterocycles. The number of rotatable bonds is 2. The number of nitrogens with zero attached hydrogens (tertiary/aromatic N) is 1. The van der Waals surface area contributed by atoms with Crippen LogP contribution in [0.15, 0.2) is 30.3 Å². The maximum absolute atomic E-state index is 12.9. The van der Waals surface area contributed by atoms with Crippen LogP contribution in [0, 0.1) is 0 Å². The molecule has 1 N–H and O–H groups in total. The quantitative estimate of drug-likeness (QED) is 0.845. The van der Waals surface area contributed by atoms with Gasteiger partial charge in [-0.15, -0.1) is 0 Å². The van der Waals surface area contributed by atoms with Crippen molar-refractivity contribution in [1.29, 1.82) is 0 Å². The third kappa shape index (κ3) is 2.98. The van der Waals surface area contributed by atoms with Crippen molar-refractivity contribution in [2.24, 2.45) is 0 Å². The molecule has 0 aliphatic carbocycles. The number of fused-ring (bicyclic) bond motifs is 1. The molecule has 2 aliphatic heterocycles. The maximum Gasteiger partial charge on any atom is 0.328 e. The average molecular weight is 317 g/mol. The molecule has 2 aliphatic rings. The monoisotopic (exact) mass is 317 g/mol. The highest BCUT2D eigenvalue weighted by molar-refractivity contribution is 5.88. The summed E-state index contributed by atoms with van der Waals surface area (Å²) in [6, 6.07) is 9.14. The normalized spacial score (nSPS) is 31.2. The molecule has 0 radical (unpaired) electrons. The third-order valence-corrected chi connectivity index (χ3v) is 5.14. The molecule has 23 heavy (non-hydrogen) atoms. The van der Waals surface area contributed by atoms with Gasteiger partial charge in [0.15, 0.2) is 0 Å². The fourth-order valence-corrected chi connectivity index (χ4v) is 3.97. The third-order valence-electron chi connectivity index (χ3n) is 5.14. The van der Waals surface area contributed by atoms with Crippen molar-refractivity contribution in [1.82, 2.24) is 4.90 Å². The van der Waals surface area contributed by atoms with E-state index in [-0.39, 0.29) is 23.8 Å². The molecule has 0 bridgehead atoms. The molecule has 1 aromatic carbocycles. The number of methoxy groups -OCH3 is 1. The number of benzene rings is 1. The summed E-state index contributed by atoms with van der Waals surface area (Å²) in [7, 11) is 1.34. The molecule has 2 heterocycles. The minimum absolute atomic E-state index is 0.0398. The van der Waals surface area contributed by atoms with E-state index >= 15 is 0 Å². The van der Waals surface area contributed by atoms with Crippen molar-refractivity contribution in [3.8, 4) is 0 Å². The van der Waals surface area contributed by atoms with Gasteiger partial charge in [-0.25, -0.2) is 4.79 Å². The number of aliphatic hydroxyl groups is 1. The zero-order chi connectivity index (χ0) is 16.4. The van der Waals surface area contributed by atoms with E-state index < -0.39 is 12.1 Å². The molecular formula is C18H23NO4. The van der Waals surface area contributed by atoms with Gasteiger partial charge in [0.1, 0.15) is 12.1 Å². The average Bonchev–Trinajstić information content (AvgIpc) is 3.00. The molecule has 2 fully saturated rings. The minimum atomic E-state index is -1.11. The topological polar surface area (TPSA) is 66.8 Å². The maximum atomic E-state index is 12.9. The predicted molar refractivity (Wildman–Crippen MR) is 84.7 cm³/mol. The lowest BCUT2D eigenvalue weighted by Gasteiger charge is -2.36. The second-order valence-corrected chi connectivity index (χ2v) is 6.41. The number of amides is 1. The van der Waals surface area contributed by atoms with Crippen molar-refractivity contribution in [2.75, 3.05) is 7.11 Å². The summed E-state index contributed by atoms with van der Waals surface area (Å²) in [6.07, 6.45) is 2.89. The lowest BCUT2D eigenvalue weighted by molar-refractivity contribution is -0.157. The van der Waals surface area contributed by atoms with Crippen molar-refractivity contribution >= 4 is 11.9 Å². The summed E-state index contributed by atoms with van der Waals surface area (Å²) >= 11 is 0. The molecule has 0 aromatic heterocycles. The Labute approximate surface area is 136 Å². The Kier molecular flexibility index (Phi) is 4.66. The van der Waals surface area contributed by atoms with Crippen LogP contribution in [0.4, 0.5) is 0 Å². The Morgan fingerprint density at radius 2 is 1.91 bits per heavy atom. The molecule has 5 nitrogen and oxygen atoms in total. The van der Waals surface area contributed by atoms with Crippen LogP contribution in [0.3, 0.4) is 0 Å². The molecule has 2 unspecified atom stereocenters. The first-order valence-electron chi connectivity index (χ1n) is 8.26. The standard InChI is InChI=1S/C18H23NO4/c1-23-18(22)15-11-10-13-8-5-9-14(12-6-3-2-4-7-12)16(20)17(21)19(13)15/h2-4,6-7,13-16,20H,5,8-11H2,1H3/t13-,14?,15-,16?/m0/s1. The SMILES string of the molecule is COC(=O)[C@@H]1CC[C@@H]2CCCC(c3ccccc3)C(O)C(=O)N21. The molecule has 124 valence electrons.